The van der Waals surface area contributed by atoms with Gasteiger partial charge in [0.1, 0.15) is 0 Å². The fourth-order valence-corrected chi connectivity index (χ4v) is 2.51. The summed E-state index contributed by atoms with van der Waals surface area (Å²) in [6.45, 7) is 4.57. The van der Waals surface area contributed by atoms with Crippen LogP contribution in [0.3, 0.4) is 0 Å². The summed E-state index contributed by atoms with van der Waals surface area (Å²) in [4.78, 5) is 12.1. The lowest BCUT2D eigenvalue weighted by atomic mass is 9.90. The Balaban J connectivity index is 2.86. The molecule has 0 radical (unpaired) electrons. The van der Waals surface area contributed by atoms with Gasteiger partial charge in [0.25, 0.3) is 0 Å². The maximum atomic E-state index is 13.9. The fraction of sp³-hybridized carbons (Fsp3) is 0.500. The van der Waals surface area contributed by atoms with Gasteiger partial charge in [0, 0.05) is 10.9 Å². The van der Waals surface area contributed by atoms with Gasteiger partial charge in [-0.1, -0.05) is 25.4 Å². The Morgan fingerprint density at radius 1 is 1.47 bits per heavy atom. The smallest absolute Gasteiger partial charge is 0.166 e. The average Bonchev–Trinajstić information content (AvgIpc) is 2.34. The molecule has 1 rings (SSSR count). The van der Waals surface area contributed by atoms with E-state index < -0.39 is 5.82 Å². The topological polar surface area (TPSA) is 43.1 Å². The van der Waals surface area contributed by atoms with Crippen molar-refractivity contribution in [2.75, 3.05) is 6.54 Å². The van der Waals surface area contributed by atoms with E-state index in [1.165, 1.54) is 6.07 Å². The Morgan fingerprint density at radius 2 is 2.11 bits per heavy atom. The molecule has 0 aliphatic carbocycles. The van der Waals surface area contributed by atoms with Crippen LogP contribution in [0.4, 0.5) is 4.39 Å². The zero-order chi connectivity index (χ0) is 14.6. The molecule has 106 valence electrons. The highest BCUT2D eigenvalue weighted by atomic mass is 79.9. The van der Waals surface area contributed by atoms with E-state index in [2.05, 4.69) is 29.8 Å². The van der Waals surface area contributed by atoms with E-state index in [0.29, 0.717) is 16.9 Å². The first-order valence-corrected chi connectivity index (χ1v) is 7.40. The maximum absolute atomic E-state index is 13.9. The van der Waals surface area contributed by atoms with Crippen molar-refractivity contribution in [1.29, 1.82) is 0 Å². The Hall–Kier alpha value is -0.450. The van der Waals surface area contributed by atoms with E-state index in [-0.39, 0.29) is 28.7 Å². The zero-order valence-corrected chi connectivity index (χ0v) is 13.4. The van der Waals surface area contributed by atoms with E-state index in [1.807, 2.05) is 0 Å². The molecule has 5 heteroatoms. The summed E-state index contributed by atoms with van der Waals surface area (Å²) in [6, 6.07) is 3.04. The molecule has 0 saturated heterocycles. The minimum Gasteiger partial charge on any atom is -0.330 e. The van der Waals surface area contributed by atoms with Crippen molar-refractivity contribution in [3.8, 4) is 0 Å². The number of carbonyl (C=O) groups excluding carboxylic acids is 1. The highest BCUT2D eigenvalue weighted by Crippen LogP contribution is 2.29. The molecule has 0 bridgehead atoms. The van der Waals surface area contributed by atoms with Gasteiger partial charge in [-0.2, -0.15) is 0 Å². The SMILES string of the molecule is CC(C)CC(CN)CC(=O)c1ccc(Br)c(Cl)c1F. The molecule has 0 amide bonds. The van der Waals surface area contributed by atoms with E-state index in [9.17, 15) is 9.18 Å². The predicted molar refractivity (Wildman–Crippen MR) is 80.1 cm³/mol. The second kappa shape index (κ2) is 7.36. The number of halogens is 3. The van der Waals surface area contributed by atoms with Gasteiger partial charge in [-0.05, 0) is 52.9 Å². The van der Waals surface area contributed by atoms with Gasteiger partial charge in [0.05, 0.1) is 10.6 Å². The molecule has 1 aromatic rings. The van der Waals surface area contributed by atoms with Gasteiger partial charge in [0.15, 0.2) is 11.6 Å². The lowest BCUT2D eigenvalue weighted by Crippen LogP contribution is -2.20. The van der Waals surface area contributed by atoms with Crippen LogP contribution in [0.5, 0.6) is 0 Å². The summed E-state index contributed by atoms with van der Waals surface area (Å²) in [5.41, 5.74) is 5.70. The Labute approximate surface area is 126 Å². The lowest BCUT2D eigenvalue weighted by molar-refractivity contribution is 0.0953. The number of hydrogen-bond acceptors (Lipinski definition) is 2. The lowest BCUT2D eigenvalue weighted by Gasteiger charge is -2.16. The summed E-state index contributed by atoms with van der Waals surface area (Å²) < 4.78 is 14.4. The minimum absolute atomic E-state index is 0.0374. The first kappa shape index (κ1) is 16.6. The molecule has 0 aliphatic rings. The summed E-state index contributed by atoms with van der Waals surface area (Å²) >= 11 is 8.91. The molecular weight excluding hydrogens is 333 g/mol. The van der Waals surface area contributed by atoms with Gasteiger partial charge in [-0.25, -0.2) is 4.39 Å². The third kappa shape index (κ3) is 4.55. The molecule has 0 aliphatic heterocycles. The first-order chi connectivity index (χ1) is 8.86. The van der Waals surface area contributed by atoms with Crippen LogP contribution >= 0.6 is 27.5 Å². The molecule has 0 saturated carbocycles. The molecule has 0 spiro atoms. The molecule has 2 N–H and O–H groups in total. The van der Waals surface area contributed by atoms with E-state index in [0.717, 1.165) is 6.42 Å². The fourth-order valence-electron chi connectivity index (χ4n) is 2.04. The third-order valence-electron chi connectivity index (χ3n) is 2.95. The average molecular weight is 351 g/mol. The van der Waals surface area contributed by atoms with Gasteiger partial charge in [-0.15, -0.1) is 0 Å². The van der Waals surface area contributed by atoms with Crippen LogP contribution in [0.15, 0.2) is 16.6 Å². The van der Waals surface area contributed by atoms with Crippen molar-refractivity contribution in [3.63, 3.8) is 0 Å². The molecule has 2 nitrogen and oxygen atoms in total. The molecule has 1 aromatic carbocycles. The number of benzene rings is 1. The predicted octanol–water partition coefficient (Wildman–Crippen LogP) is 4.44. The van der Waals surface area contributed by atoms with Crippen LogP contribution in [0.2, 0.25) is 5.02 Å². The summed E-state index contributed by atoms with van der Waals surface area (Å²) in [6.07, 6.45) is 1.11. The second-order valence-electron chi connectivity index (χ2n) is 5.08. The Morgan fingerprint density at radius 3 is 2.63 bits per heavy atom. The Kier molecular flexibility index (Phi) is 6.43. The van der Waals surface area contributed by atoms with Crippen LogP contribution in [0.1, 0.15) is 37.0 Å². The zero-order valence-electron chi connectivity index (χ0n) is 11.1. The molecule has 1 atom stereocenters. The summed E-state index contributed by atoms with van der Waals surface area (Å²) in [7, 11) is 0. The van der Waals surface area contributed by atoms with Crippen LogP contribution < -0.4 is 5.73 Å². The number of hydrogen-bond donors (Lipinski definition) is 1. The second-order valence-corrected chi connectivity index (χ2v) is 6.31. The largest absolute Gasteiger partial charge is 0.330 e. The van der Waals surface area contributed by atoms with Crippen LogP contribution in [0, 0.1) is 17.7 Å². The number of Topliss-reactive ketones (excluding diaryl/α,β-unsaturated/α-hetero) is 1. The van der Waals surface area contributed by atoms with Crippen molar-refractivity contribution in [2.45, 2.75) is 26.7 Å². The quantitative estimate of drug-likeness (QED) is 0.609. The highest BCUT2D eigenvalue weighted by Gasteiger charge is 2.20. The van der Waals surface area contributed by atoms with Gasteiger partial charge in [0.2, 0.25) is 0 Å². The molecular formula is C14H18BrClFNO. The number of rotatable bonds is 6. The third-order valence-corrected chi connectivity index (χ3v) is 4.21. The molecule has 0 aromatic heterocycles. The van der Waals surface area contributed by atoms with Crippen molar-refractivity contribution in [1.82, 2.24) is 0 Å². The van der Waals surface area contributed by atoms with Crippen LogP contribution in [-0.2, 0) is 0 Å². The Bertz CT molecular complexity index is 465. The van der Waals surface area contributed by atoms with E-state index >= 15 is 0 Å². The van der Waals surface area contributed by atoms with Crippen LogP contribution in [-0.4, -0.2) is 12.3 Å². The summed E-state index contributed by atoms with van der Waals surface area (Å²) in [5, 5.41) is -0.0565. The van der Waals surface area contributed by atoms with Crippen molar-refractivity contribution in [2.24, 2.45) is 17.6 Å². The molecule has 1 unspecified atom stereocenters. The summed E-state index contributed by atoms with van der Waals surface area (Å²) in [5.74, 6) is -0.376. The van der Waals surface area contributed by atoms with E-state index in [4.69, 9.17) is 17.3 Å². The highest BCUT2D eigenvalue weighted by molar-refractivity contribution is 9.10. The normalized spacial score (nSPS) is 12.8. The standard InChI is InChI=1S/C14H18BrClFNO/c1-8(2)5-9(7-18)6-12(19)10-3-4-11(15)13(16)14(10)17/h3-4,8-9H,5-7,18H2,1-2H3. The van der Waals surface area contributed by atoms with E-state index in [1.54, 1.807) is 6.07 Å². The number of ketones is 1. The maximum Gasteiger partial charge on any atom is 0.166 e. The molecule has 19 heavy (non-hydrogen) atoms. The van der Waals surface area contributed by atoms with Gasteiger partial charge >= 0.3 is 0 Å². The molecule has 0 heterocycles. The van der Waals surface area contributed by atoms with Crippen molar-refractivity contribution >= 4 is 33.3 Å². The molecule has 0 fully saturated rings. The monoisotopic (exact) mass is 349 g/mol. The minimum atomic E-state index is -0.665. The number of carbonyl (C=O) groups is 1. The van der Waals surface area contributed by atoms with Crippen LogP contribution in [0.25, 0.3) is 0 Å². The van der Waals surface area contributed by atoms with Crippen molar-refractivity contribution < 1.29 is 9.18 Å². The van der Waals surface area contributed by atoms with Gasteiger partial charge < -0.3 is 5.73 Å². The van der Waals surface area contributed by atoms with Crippen molar-refractivity contribution in [3.05, 3.63) is 33.0 Å². The van der Waals surface area contributed by atoms with Gasteiger partial charge in [-0.3, -0.25) is 4.79 Å². The first-order valence-electron chi connectivity index (χ1n) is 6.23. The number of nitrogens with two attached hydrogens (primary N) is 1.